The second kappa shape index (κ2) is 4.35. The summed E-state index contributed by atoms with van der Waals surface area (Å²) in [7, 11) is 1.86. The van der Waals surface area contributed by atoms with Crippen molar-refractivity contribution in [1.29, 1.82) is 0 Å². The van der Waals surface area contributed by atoms with Gasteiger partial charge in [0.2, 0.25) is 0 Å². The zero-order chi connectivity index (χ0) is 13.6. The molecule has 0 radical (unpaired) electrons. The monoisotopic (exact) mass is 319 g/mol. The highest BCUT2D eigenvalue weighted by atomic mass is 79.9. The number of anilines is 1. The molecule has 0 atom stereocenters. The van der Waals surface area contributed by atoms with Crippen LogP contribution in [0.4, 0.5) is 10.1 Å². The molecule has 0 amide bonds. The molecule has 0 aliphatic rings. The maximum absolute atomic E-state index is 13.7. The SMILES string of the molecule is Cn1c(-c2cc(N)cc(Br)c2)nc2c(F)cccc21. The Morgan fingerprint density at radius 2 is 2.05 bits per heavy atom. The predicted octanol–water partition coefficient (Wildman–Crippen LogP) is 3.72. The highest BCUT2D eigenvalue weighted by Gasteiger charge is 2.13. The van der Waals surface area contributed by atoms with Crippen LogP contribution in [-0.4, -0.2) is 9.55 Å². The van der Waals surface area contributed by atoms with E-state index in [1.165, 1.54) is 6.07 Å². The van der Waals surface area contributed by atoms with Crippen LogP contribution in [0, 0.1) is 5.82 Å². The average molecular weight is 320 g/mol. The van der Waals surface area contributed by atoms with Crippen LogP contribution in [0.3, 0.4) is 0 Å². The molecule has 1 aromatic heterocycles. The standard InChI is InChI=1S/C14H11BrFN3/c1-19-12-4-2-3-11(16)13(12)18-14(19)8-5-9(15)7-10(17)6-8/h2-7H,17H2,1H3. The van der Waals surface area contributed by atoms with E-state index < -0.39 is 0 Å². The van der Waals surface area contributed by atoms with E-state index in [4.69, 9.17) is 5.73 Å². The summed E-state index contributed by atoms with van der Waals surface area (Å²) >= 11 is 3.40. The molecular weight excluding hydrogens is 309 g/mol. The lowest BCUT2D eigenvalue weighted by Crippen LogP contribution is -1.94. The first kappa shape index (κ1) is 12.2. The van der Waals surface area contributed by atoms with Gasteiger partial charge in [-0.1, -0.05) is 22.0 Å². The molecule has 0 fully saturated rings. The Labute approximate surface area is 118 Å². The lowest BCUT2D eigenvalue weighted by atomic mass is 10.2. The second-order valence-corrected chi connectivity index (χ2v) is 5.29. The zero-order valence-electron chi connectivity index (χ0n) is 10.2. The second-order valence-electron chi connectivity index (χ2n) is 4.38. The van der Waals surface area contributed by atoms with Crippen LogP contribution in [0.5, 0.6) is 0 Å². The van der Waals surface area contributed by atoms with E-state index in [1.807, 2.05) is 35.9 Å². The predicted molar refractivity (Wildman–Crippen MR) is 78.2 cm³/mol. The fraction of sp³-hybridized carbons (Fsp3) is 0.0714. The van der Waals surface area contributed by atoms with Gasteiger partial charge in [-0.15, -0.1) is 0 Å². The smallest absolute Gasteiger partial charge is 0.151 e. The molecule has 3 aromatic rings. The molecule has 0 aliphatic heterocycles. The third kappa shape index (κ3) is 2.00. The summed E-state index contributed by atoms with van der Waals surface area (Å²) in [4.78, 5) is 4.38. The minimum atomic E-state index is -0.317. The number of halogens is 2. The Hall–Kier alpha value is -1.88. The molecule has 19 heavy (non-hydrogen) atoms. The number of hydrogen-bond acceptors (Lipinski definition) is 2. The van der Waals surface area contributed by atoms with Crippen molar-refractivity contribution in [2.45, 2.75) is 0 Å². The van der Waals surface area contributed by atoms with Crippen LogP contribution in [0.1, 0.15) is 0 Å². The molecule has 0 aliphatic carbocycles. The van der Waals surface area contributed by atoms with Crippen LogP contribution >= 0.6 is 15.9 Å². The summed E-state index contributed by atoms with van der Waals surface area (Å²) in [5.41, 5.74) is 8.45. The van der Waals surface area contributed by atoms with Gasteiger partial charge in [0.25, 0.3) is 0 Å². The molecule has 0 bridgehead atoms. The molecule has 96 valence electrons. The maximum atomic E-state index is 13.7. The van der Waals surface area contributed by atoms with Crippen LogP contribution < -0.4 is 5.73 Å². The Morgan fingerprint density at radius 3 is 2.74 bits per heavy atom. The van der Waals surface area contributed by atoms with Gasteiger partial charge in [0.15, 0.2) is 5.82 Å². The van der Waals surface area contributed by atoms with E-state index in [1.54, 1.807) is 6.07 Å². The van der Waals surface area contributed by atoms with Crippen LogP contribution in [-0.2, 0) is 7.05 Å². The van der Waals surface area contributed by atoms with Gasteiger partial charge in [-0.25, -0.2) is 9.37 Å². The number of para-hydroxylation sites is 1. The summed E-state index contributed by atoms with van der Waals surface area (Å²) in [6.07, 6.45) is 0. The van der Waals surface area contributed by atoms with Gasteiger partial charge in [-0.05, 0) is 30.3 Å². The lowest BCUT2D eigenvalue weighted by molar-refractivity contribution is 0.637. The average Bonchev–Trinajstić information content (AvgIpc) is 2.68. The van der Waals surface area contributed by atoms with Gasteiger partial charge < -0.3 is 10.3 Å². The van der Waals surface area contributed by atoms with Crippen molar-refractivity contribution in [2.24, 2.45) is 7.05 Å². The number of aromatic nitrogens is 2. The van der Waals surface area contributed by atoms with Crippen LogP contribution in [0.2, 0.25) is 0 Å². The molecule has 0 saturated heterocycles. The highest BCUT2D eigenvalue weighted by molar-refractivity contribution is 9.10. The topological polar surface area (TPSA) is 43.8 Å². The van der Waals surface area contributed by atoms with Gasteiger partial charge in [-0.2, -0.15) is 0 Å². The van der Waals surface area contributed by atoms with Gasteiger partial charge in [0, 0.05) is 22.8 Å². The molecule has 0 spiro atoms. The van der Waals surface area contributed by atoms with Crippen molar-refractivity contribution >= 4 is 32.7 Å². The van der Waals surface area contributed by atoms with E-state index in [0.29, 0.717) is 17.0 Å². The zero-order valence-corrected chi connectivity index (χ0v) is 11.8. The van der Waals surface area contributed by atoms with E-state index in [2.05, 4.69) is 20.9 Å². The normalized spacial score (nSPS) is 11.1. The summed E-state index contributed by atoms with van der Waals surface area (Å²) in [5, 5.41) is 0. The van der Waals surface area contributed by atoms with Crippen LogP contribution in [0.25, 0.3) is 22.4 Å². The molecule has 1 heterocycles. The third-order valence-corrected chi connectivity index (χ3v) is 3.50. The van der Waals surface area contributed by atoms with Gasteiger partial charge in [0.05, 0.1) is 5.52 Å². The van der Waals surface area contributed by atoms with E-state index >= 15 is 0 Å². The fourth-order valence-corrected chi connectivity index (χ4v) is 2.69. The highest BCUT2D eigenvalue weighted by Crippen LogP contribution is 2.28. The van der Waals surface area contributed by atoms with Crippen molar-refractivity contribution in [2.75, 3.05) is 5.73 Å². The molecule has 0 saturated carbocycles. The molecule has 0 unspecified atom stereocenters. The number of fused-ring (bicyclic) bond motifs is 1. The maximum Gasteiger partial charge on any atom is 0.151 e. The van der Waals surface area contributed by atoms with Crippen LogP contribution in [0.15, 0.2) is 40.9 Å². The largest absolute Gasteiger partial charge is 0.399 e. The van der Waals surface area contributed by atoms with E-state index in [-0.39, 0.29) is 5.82 Å². The summed E-state index contributed by atoms with van der Waals surface area (Å²) in [5.74, 6) is 0.371. The number of nitrogens with two attached hydrogens (primary N) is 1. The number of aryl methyl sites for hydroxylation is 1. The quantitative estimate of drug-likeness (QED) is 0.695. The molecule has 2 aromatic carbocycles. The van der Waals surface area contributed by atoms with Crippen molar-refractivity contribution in [3.05, 3.63) is 46.7 Å². The van der Waals surface area contributed by atoms with Crippen molar-refractivity contribution in [3.63, 3.8) is 0 Å². The van der Waals surface area contributed by atoms with Gasteiger partial charge in [0.1, 0.15) is 11.3 Å². The number of benzene rings is 2. The first-order valence-corrected chi connectivity index (χ1v) is 6.53. The van der Waals surface area contributed by atoms with Gasteiger partial charge >= 0.3 is 0 Å². The number of imidazole rings is 1. The molecule has 2 N–H and O–H groups in total. The van der Waals surface area contributed by atoms with Crippen molar-refractivity contribution in [3.8, 4) is 11.4 Å². The van der Waals surface area contributed by atoms with Gasteiger partial charge in [-0.3, -0.25) is 0 Å². The Bertz CT molecular complexity index is 759. The molecular formula is C14H11BrFN3. The Balaban J connectivity index is 2.31. The summed E-state index contributed by atoms with van der Waals surface area (Å²) < 4.78 is 16.5. The van der Waals surface area contributed by atoms with E-state index in [0.717, 1.165) is 15.6 Å². The first-order valence-electron chi connectivity index (χ1n) is 5.73. The van der Waals surface area contributed by atoms with Crippen molar-refractivity contribution < 1.29 is 4.39 Å². The Morgan fingerprint density at radius 1 is 1.26 bits per heavy atom. The Kier molecular flexibility index (Phi) is 2.78. The number of hydrogen-bond donors (Lipinski definition) is 1. The number of nitrogen functional groups attached to an aromatic ring is 1. The van der Waals surface area contributed by atoms with Crippen molar-refractivity contribution in [1.82, 2.24) is 9.55 Å². The van der Waals surface area contributed by atoms with E-state index in [9.17, 15) is 4.39 Å². The summed E-state index contributed by atoms with van der Waals surface area (Å²) in [6.45, 7) is 0. The minimum absolute atomic E-state index is 0.317. The molecule has 5 heteroatoms. The lowest BCUT2D eigenvalue weighted by Gasteiger charge is -2.04. The minimum Gasteiger partial charge on any atom is -0.399 e. The fourth-order valence-electron chi connectivity index (χ4n) is 2.18. The first-order chi connectivity index (χ1) is 9.06. The number of rotatable bonds is 1. The third-order valence-electron chi connectivity index (χ3n) is 3.04. The summed E-state index contributed by atoms with van der Waals surface area (Å²) in [6, 6.07) is 10.5. The molecule has 3 rings (SSSR count). The molecule has 3 nitrogen and oxygen atoms in total. The number of nitrogens with zero attached hydrogens (tertiary/aromatic N) is 2.